The fourth-order valence-corrected chi connectivity index (χ4v) is 4.11. The molecule has 0 N–H and O–H groups in total. The summed E-state index contributed by atoms with van der Waals surface area (Å²) in [5.41, 5.74) is 3.38. The van der Waals surface area contributed by atoms with E-state index < -0.39 is 0 Å². The lowest BCUT2D eigenvalue weighted by Crippen LogP contribution is -2.41. The Bertz CT molecular complexity index is 744. The molecule has 1 aromatic carbocycles. The number of para-hydroxylation sites is 1. The number of carbonyl (C=O) groups excluding carboxylic acids is 1. The fraction of sp³-hybridized carbons (Fsp3) is 0.500. The van der Waals surface area contributed by atoms with E-state index in [1.165, 1.54) is 23.9 Å². The van der Waals surface area contributed by atoms with E-state index in [2.05, 4.69) is 46.0 Å². The Morgan fingerprint density at radius 2 is 1.79 bits per heavy atom. The van der Waals surface area contributed by atoms with Crippen molar-refractivity contribution in [2.75, 3.05) is 31.1 Å². The summed E-state index contributed by atoms with van der Waals surface area (Å²) in [5, 5.41) is 1.22. The molecule has 2 aliphatic heterocycles. The maximum atomic E-state index is 12.6. The normalized spacial score (nSPS) is 19.2. The molecule has 0 radical (unpaired) electrons. The predicted molar refractivity (Wildman–Crippen MR) is 97.2 cm³/mol. The Morgan fingerprint density at radius 3 is 2.54 bits per heavy atom. The number of piperidine rings is 1. The summed E-state index contributed by atoms with van der Waals surface area (Å²) in [6.07, 6.45) is 4.27. The van der Waals surface area contributed by atoms with Gasteiger partial charge in [-0.2, -0.15) is 0 Å². The Kier molecular flexibility index (Phi) is 4.13. The summed E-state index contributed by atoms with van der Waals surface area (Å²) in [6, 6.07) is 10.5. The summed E-state index contributed by atoms with van der Waals surface area (Å²) in [5.74, 6) is 0.608. The lowest BCUT2D eigenvalue weighted by Gasteiger charge is -2.35. The van der Waals surface area contributed by atoms with Gasteiger partial charge in [0.2, 0.25) is 5.91 Å². The zero-order chi connectivity index (χ0) is 16.5. The van der Waals surface area contributed by atoms with Crippen molar-refractivity contribution in [1.29, 1.82) is 0 Å². The monoisotopic (exact) mass is 323 g/mol. The molecule has 3 heterocycles. The Labute approximate surface area is 143 Å². The van der Waals surface area contributed by atoms with Crippen LogP contribution >= 0.6 is 0 Å². The van der Waals surface area contributed by atoms with E-state index in [0.29, 0.717) is 5.91 Å². The molecule has 2 aromatic rings. The standard InChI is InChI=1S/C20H25N3O/c1-15-14-19(17-6-2-3-7-18(17)21-15)22-12-8-16(9-13-22)20(24)23-10-4-5-11-23/h2-3,6-7,14,16H,4-5,8-13H2,1H3. The number of likely N-dealkylation sites (tertiary alicyclic amines) is 1. The number of hydrogen-bond donors (Lipinski definition) is 0. The summed E-state index contributed by atoms with van der Waals surface area (Å²) >= 11 is 0. The van der Waals surface area contributed by atoms with Gasteiger partial charge >= 0.3 is 0 Å². The topological polar surface area (TPSA) is 36.4 Å². The lowest BCUT2D eigenvalue weighted by atomic mass is 9.94. The first kappa shape index (κ1) is 15.4. The number of rotatable bonds is 2. The molecule has 1 amide bonds. The number of benzene rings is 1. The van der Waals surface area contributed by atoms with Crippen molar-refractivity contribution in [3.05, 3.63) is 36.0 Å². The molecule has 0 saturated carbocycles. The number of hydrogen-bond acceptors (Lipinski definition) is 3. The number of pyridine rings is 1. The highest BCUT2D eigenvalue weighted by molar-refractivity contribution is 5.92. The van der Waals surface area contributed by atoms with Gasteiger partial charge < -0.3 is 9.80 Å². The minimum Gasteiger partial charge on any atom is -0.371 e. The molecule has 0 aliphatic carbocycles. The van der Waals surface area contributed by atoms with E-state index >= 15 is 0 Å². The summed E-state index contributed by atoms with van der Waals surface area (Å²) in [4.78, 5) is 21.8. The van der Waals surface area contributed by atoms with Crippen LogP contribution in [0.1, 0.15) is 31.4 Å². The highest BCUT2D eigenvalue weighted by Gasteiger charge is 2.30. The van der Waals surface area contributed by atoms with Crippen LogP contribution in [-0.2, 0) is 4.79 Å². The van der Waals surface area contributed by atoms with E-state index in [4.69, 9.17) is 0 Å². The second-order valence-corrected chi connectivity index (χ2v) is 7.09. The fourth-order valence-electron chi connectivity index (χ4n) is 4.11. The van der Waals surface area contributed by atoms with Crippen LogP contribution in [0.4, 0.5) is 5.69 Å². The van der Waals surface area contributed by atoms with E-state index in [1.807, 2.05) is 6.07 Å². The zero-order valence-corrected chi connectivity index (χ0v) is 14.4. The molecule has 0 unspecified atom stereocenters. The van der Waals surface area contributed by atoms with Crippen molar-refractivity contribution in [3.8, 4) is 0 Å². The van der Waals surface area contributed by atoms with Gasteiger partial charge in [-0.15, -0.1) is 0 Å². The third kappa shape index (κ3) is 2.85. The maximum absolute atomic E-state index is 12.6. The first-order valence-electron chi connectivity index (χ1n) is 9.12. The molecule has 0 bridgehead atoms. The molecule has 24 heavy (non-hydrogen) atoms. The third-order valence-corrected chi connectivity index (χ3v) is 5.43. The first-order chi connectivity index (χ1) is 11.7. The van der Waals surface area contributed by atoms with Crippen LogP contribution < -0.4 is 4.90 Å². The van der Waals surface area contributed by atoms with Crippen LogP contribution in [0, 0.1) is 12.8 Å². The van der Waals surface area contributed by atoms with E-state index in [9.17, 15) is 4.79 Å². The number of anilines is 1. The van der Waals surface area contributed by atoms with E-state index in [1.54, 1.807) is 0 Å². The molecule has 126 valence electrons. The SMILES string of the molecule is Cc1cc(N2CCC(C(=O)N3CCCC3)CC2)c2ccccc2n1. The van der Waals surface area contributed by atoms with E-state index in [0.717, 1.165) is 50.2 Å². The van der Waals surface area contributed by atoms with Gasteiger partial charge in [0.1, 0.15) is 0 Å². The van der Waals surface area contributed by atoms with Crippen molar-refractivity contribution in [3.63, 3.8) is 0 Å². The van der Waals surface area contributed by atoms with Crippen molar-refractivity contribution < 1.29 is 4.79 Å². The van der Waals surface area contributed by atoms with Gasteiger partial charge in [-0.1, -0.05) is 18.2 Å². The van der Waals surface area contributed by atoms with Gasteiger partial charge in [-0.3, -0.25) is 9.78 Å². The molecule has 2 saturated heterocycles. The van der Waals surface area contributed by atoms with E-state index in [-0.39, 0.29) is 5.92 Å². The van der Waals surface area contributed by atoms with Crippen LogP contribution in [0.15, 0.2) is 30.3 Å². The third-order valence-electron chi connectivity index (χ3n) is 5.43. The van der Waals surface area contributed by atoms with Crippen molar-refractivity contribution >= 4 is 22.5 Å². The molecule has 0 atom stereocenters. The zero-order valence-electron chi connectivity index (χ0n) is 14.4. The average molecular weight is 323 g/mol. The highest BCUT2D eigenvalue weighted by Crippen LogP contribution is 2.31. The van der Waals surface area contributed by atoms with Crippen LogP contribution in [-0.4, -0.2) is 42.0 Å². The minimum atomic E-state index is 0.216. The molecule has 1 aromatic heterocycles. The van der Waals surface area contributed by atoms with Crippen molar-refractivity contribution in [2.24, 2.45) is 5.92 Å². The number of fused-ring (bicyclic) bond motifs is 1. The molecular weight excluding hydrogens is 298 g/mol. The Hall–Kier alpha value is -2.10. The number of aryl methyl sites for hydroxylation is 1. The van der Waals surface area contributed by atoms with Gasteiger partial charge in [0.15, 0.2) is 0 Å². The van der Waals surface area contributed by atoms with Crippen molar-refractivity contribution in [1.82, 2.24) is 9.88 Å². The van der Waals surface area contributed by atoms with Crippen LogP contribution in [0.3, 0.4) is 0 Å². The first-order valence-corrected chi connectivity index (χ1v) is 9.12. The molecule has 0 spiro atoms. The minimum absolute atomic E-state index is 0.216. The summed E-state index contributed by atoms with van der Waals surface area (Å²) in [6.45, 7) is 5.90. The van der Waals surface area contributed by atoms with Crippen LogP contribution in [0.2, 0.25) is 0 Å². The molecule has 4 nitrogen and oxygen atoms in total. The van der Waals surface area contributed by atoms with Crippen LogP contribution in [0.5, 0.6) is 0 Å². The molecule has 4 heteroatoms. The molecular formula is C20H25N3O. The maximum Gasteiger partial charge on any atom is 0.225 e. The van der Waals surface area contributed by atoms with Crippen molar-refractivity contribution in [2.45, 2.75) is 32.6 Å². The number of carbonyl (C=O) groups is 1. The largest absolute Gasteiger partial charge is 0.371 e. The molecule has 4 rings (SSSR count). The predicted octanol–water partition coefficient (Wildman–Crippen LogP) is 3.38. The second kappa shape index (κ2) is 6.42. The quantitative estimate of drug-likeness (QED) is 0.850. The molecule has 2 fully saturated rings. The second-order valence-electron chi connectivity index (χ2n) is 7.09. The number of aromatic nitrogens is 1. The Morgan fingerprint density at radius 1 is 1.08 bits per heavy atom. The average Bonchev–Trinajstić information content (AvgIpc) is 3.15. The van der Waals surface area contributed by atoms with Crippen LogP contribution in [0.25, 0.3) is 10.9 Å². The van der Waals surface area contributed by atoms with Gasteiger partial charge in [-0.25, -0.2) is 0 Å². The van der Waals surface area contributed by atoms with Gasteiger partial charge in [0, 0.05) is 48.9 Å². The summed E-state index contributed by atoms with van der Waals surface area (Å²) in [7, 11) is 0. The van der Waals surface area contributed by atoms with Gasteiger partial charge in [0.05, 0.1) is 5.52 Å². The van der Waals surface area contributed by atoms with Gasteiger partial charge in [0.25, 0.3) is 0 Å². The van der Waals surface area contributed by atoms with Gasteiger partial charge in [-0.05, 0) is 44.7 Å². The lowest BCUT2D eigenvalue weighted by molar-refractivity contribution is -0.135. The Balaban J connectivity index is 1.51. The summed E-state index contributed by atoms with van der Waals surface area (Å²) < 4.78 is 0. The number of amides is 1. The smallest absolute Gasteiger partial charge is 0.225 e. The number of nitrogens with zero attached hydrogens (tertiary/aromatic N) is 3. The molecule has 2 aliphatic rings. The highest BCUT2D eigenvalue weighted by atomic mass is 16.2.